The van der Waals surface area contributed by atoms with E-state index in [0.29, 0.717) is 18.9 Å². The summed E-state index contributed by atoms with van der Waals surface area (Å²) in [5.74, 6) is 0.386. The van der Waals surface area contributed by atoms with Gasteiger partial charge in [0.05, 0.1) is 23.2 Å². The second-order valence-electron chi connectivity index (χ2n) is 5.13. The quantitative estimate of drug-likeness (QED) is 0.867. The molecule has 1 atom stereocenters. The van der Waals surface area contributed by atoms with Crippen molar-refractivity contribution in [3.63, 3.8) is 0 Å². The van der Waals surface area contributed by atoms with E-state index < -0.39 is 11.7 Å². The van der Waals surface area contributed by atoms with Crippen LogP contribution in [0.4, 0.5) is 19.0 Å². The minimum atomic E-state index is -4.44. The molecule has 0 aliphatic carbocycles. The van der Waals surface area contributed by atoms with E-state index in [1.165, 1.54) is 6.33 Å². The summed E-state index contributed by atoms with van der Waals surface area (Å²) in [6, 6.07) is 1.01. The lowest BCUT2D eigenvalue weighted by Crippen LogP contribution is -2.34. The third-order valence-corrected chi connectivity index (χ3v) is 3.94. The fourth-order valence-electron chi connectivity index (χ4n) is 2.64. The number of rotatable bonds is 3. The molecular weight excluding hydrogens is 319 g/mol. The number of halogens is 4. The van der Waals surface area contributed by atoms with Gasteiger partial charge in [0, 0.05) is 12.7 Å². The summed E-state index contributed by atoms with van der Waals surface area (Å²) in [4.78, 5) is 9.75. The average molecular weight is 332 g/mol. The van der Waals surface area contributed by atoms with Crippen LogP contribution < -0.4 is 4.90 Å². The average Bonchev–Trinajstić information content (AvgIpc) is 3.10. The van der Waals surface area contributed by atoms with E-state index in [1.54, 1.807) is 11.0 Å². The molecule has 3 rings (SSSR count). The minimum absolute atomic E-state index is 0.0142. The molecule has 1 saturated heterocycles. The van der Waals surface area contributed by atoms with Crippen molar-refractivity contribution in [3.8, 4) is 0 Å². The highest BCUT2D eigenvalue weighted by molar-refractivity contribution is 6.33. The molecule has 2 aromatic rings. The van der Waals surface area contributed by atoms with Gasteiger partial charge in [-0.3, -0.25) is 4.68 Å². The van der Waals surface area contributed by atoms with Crippen molar-refractivity contribution in [1.29, 1.82) is 0 Å². The van der Waals surface area contributed by atoms with Crippen molar-refractivity contribution in [1.82, 2.24) is 19.7 Å². The van der Waals surface area contributed by atoms with Gasteiger partial charge in [-0.05, 0) is 18.9 Å². The van der Waals surface area contributed by atoms with Crippen LogP contribution >= 0.6 is 11.6 Å². The maximum atomic E-state index is 12.7. The van der Waals surface area contributed by atoms with Crippen LogP contribution in [0.15, 0.2) is 24.9 Å². The molecule has 9 heteroatoms. The van der Waals surface area contributed by atoms with Crippen LogP contribution in [0.2, 0.25) is 5.02 Å². The van der Waals surface area contributed by atoms with E-state index in [2.05, 4.69) is 15.1 Å². The summed E-state index contributed by atoms with van der Waals surface area (Å²) in [6.07, 6.45) is 1.27. The molecule has 1 fully saturated rings. The van der Waals surface area contributed by atoms with Crippen molar-refractivity contribution >= 4 is 17.4 Å². The van der Waals surface area contributed by atoms with Crippen LogP contribution in [0.25, 0.3) is 0 Å². The predicted octanol–water partition coefficient (Wildman–Crippen LogP) is 3.01. The zero-order chi connectivity index (χ0) is 15.7. The Bertz CT molecular complexity index is 644. The van der Waals surface area contributed by atoms with E-state index >= 15 is 0 Å². The normalized spacial score (nSPS) is 18.9. The third-order valence-electron chi connectivity index (χ3n) is 3.66. The maximum absolute atomic E-state index is 12.7. The lowest BCUT2D eigenvalue weighted by Gasteiger charge is -2.26. The van der Waals surface area contributed by atoms with Gasteiger partial charge < -0.3 is 4.90 Å². The van der Waals surface area contributed by atoms with Crippen molar-refractivity contribution in [2.24, 2.45) is 0 Å². The molecule has 2 aromatic heterocycles. The number of alkyl halides is 3. The highest BCUT2D eigenvalue weighted by Crippen LogP contribution is 2.35. The van der Waals surface area contributed by atoms with Crippen molar-refractivity contribution in [3.05, 3.63) is 35.5 Å². The van der Waals surface area contributed by atoms with E-state index in [0.717, 1.165) is 25.1 Å². The molecule has 0 amide bonds. The summed E-state index contributed by atoms with van der Waals surface area (Å²) in [5.41, 5.74) is -0.840. The Balaban J connectivity index is 1.83. The van der Waals surface area contributed by atoms with Gasteiger partial charge in [0.25, 0.3) is 0 Å². The van der Waals surface area contributed by atoms with Crippen LogP contribution in [0, 0.1) is 0 Å². The van der Waals surface area contributed by atoms with Gasteiger partial charge >= 0.3 is 6.18 Å². The summed E-state index contributed by atoms with van der Waals surface area (Å²) in [7, 11) is 0. The molecule has 0 radical (unpaired) electrons. The molecule has 5 nitrogen and oxygen atoms in total. The zero-order valence-electron chi connectivity index (χ0n) is 11.5. The van der Waals surface area contributed by atoms with Crippen LogP contribution in [0.1, 0.15) is 18.4 Å². The molecule has 1 aliphatic heterocycles. The van der Waals surface area contributed by atoms with E-state index in [4.69, 9.17) is 11.6 Å². The van der Waals surface area contributed by atoms with Crippen LogP contribution in [-0.2, 0) is 12.7 Å². The lowest BCUT2D eigenvalue weighted by molar-refractivity contribution is -0.137. The Hall–Kier alpha value is -1.83. The molecule has 0 bridgehead atoms. The third kappa shape index (κ3) is 3.01. The second-order valence-corrected chi connectivity index (χ2v) is 5.54. The van der Waals surface area contributed by atoms with Crippen LogP contribution in [0.5, 0.6) is 0 Å². The van der Waals surface area contributed by atoms with Crippen molar-refractivity contribution in [2.75, 3.05) is 11.4 Å². The summed E-state index contributed by atoms with van der Waals surface area (Å²) in [5, 5.41) is 4.07. The monoisotopic (exact) mass is 331 g/mol. The molecule has 0 unspecified atom stereocenters. The predicted molar refractivity (Wildman–Crippen MR) is 74.6 cm³/mol. The SMILES string of the molecule is FC(F)(F)c1cnc(N2CCC[C@@H]2Cn2cncn2)c(Cl)c1. The Morgan fingerprint density at radius 1 is 1.36 bits per heavy atom. The van der Waals surface area contributed by atoms with Gasteiger partial charge in [0.1, 0.15) is 18.5 Å². The van der Waals surface area contributed by atoms with Gasteiger partial charge in [0.15, 0.2) is 0 Å². The van der Waals surface area contributed by atoms with Crippen LogP contribution in [-0.4, -0.2) is 32.3 Å². The molecule has 22 heavy (non-hydrogen) atoms. The molecule has 118 valence electrons. The van der Waals surface area contributed by atoms with Gasteiger partial charge in [0.2, 0.25) is 0 Å². The molecule has 0 saturated carbocycles. The van der Waals surface area contributed by atoms with Gasteiger partial charge in [-0.1, -0.05) is 11.6 Å². The van der Waals surface area contributed by atoms with Gasteiger partial charge in [-0.2, -0.15) is 18.3 Å². The van der Waals surface area contributed by atoms with E-state index in [9.17, 15) is 13.2 Å². The van der Waals surface area contributed by atoms with E-state index in [-0.39, 0.29) is 11.1 Å². The first-order valence-corrected chi connectivity index (χ1v) is 7.15. The largest absolute Gasteiger partial charge is 0.417 e. The van der Waals surface area contributed by atoms with Gasteiger partial charge in [-0.25, -0.2) is 9.97 Å². The topological polar surface area (TPSA) is 46.8 Å². The number of aromatic nitrogens is 4. The summed E-state index contributed by atoms with van der Waals surface area (Å²) >= 11 is 6.02. The fourth-order valence-corrected chi connectivity index (χ4v) is 2.92. The molecule has 0 aromatic carbocycles. The number of hydrogen-bond donors (Lipinski definition) is 0. The highest BCUT2D eigenvalue weighted by atomic mass is 35.5. The summed E-state index contributed by atoms with van der Waals surface area (Å²) in [6.45, 7) is 1.30. The Labute approximate surface area is 129 Å². The second kappa shape index (κ2) is 5.75. The van der Waals surface area contributed by atoms with E-state index in [1.807, 2.05) is 4.90 Å². The fraction of sp³-hybridized carbons (Fsp3) is 0.462. The molecule has 1 aliphatic rings. The Morgan fingerprint density at radius 3 is 2.82 bits per heavy atom. The highest BCUT2D eigenvalue weighted by Gasteiger charge is 2.33. The lowest BCUT2D eigenvalue weighted by atomic mass is 10.2. The molecule has 0 N–H and O–H groups in total. The Kier molecular flexibility index (Phi) is 3.94. The van der Waals surface area contributed by atoms with Crippen LogP contribution in [0.3, 0.4) is 0 Å². The molecule has 0 spiro atoms. The number of hydrogen-bond acceptors (Lipinski definition) is 4. The minimum Gasteiger partial charge on any atom is -0.351 e. The Morgan fingerprint density at radius 2 is 2.18 bits per heavy atom. The smallest absolute Gasteiger partial charge is 0.351 e. The number of pyridine rings is 1. The summed E-state index contributed by atoms with van der Waals surface area (Å²) < 4.78 is 39.7. The molecule has 3 heterocycles. The number of nitrogens with zero attached hydrogens (tertiary/aromatic N) is 5. The number of anilines is 1. The van der Waals surface area contributed by atoms with Crippen molar-refractivity contribution in [2.45, 2.75) is 31.6 Å². The van der Waals surface area contributed by atoms with Crippen molar-refractivity contribution < 1.29 is 13.2 Å². The molecular formula is C13H13ClF3N5. The maximum Gasteiger partial charge on any atom is 0.417 e. The first-order valence-electron chi connectivity index (χ1n) is 6.77. The van der Waals surface area contributed by atoms with Gasteiger partial charge in [-0.15, -0.1) is 0 Å². The first-order chi connectivity index (χ1) is 10.4. The first kappa shape index (κ1) is 15.1. The standard InChI is InChI=1S/C13H13ClF3N5/c14-11-4-9(13(15,16)17)5-19-12(11)22-3-1-2-10(22)6-21-8-18-7-20-21/h4-5,7-8,10H,1-3,6H2/t10-/m1/s1. The zero-order valence-corrected chi connectivity index (χ0v) is 12.2.